The van der Waals surface area contributed by atoms with Crippen molar-refractivity contribution in [3.05, 3.63) is 22.6 Å². The molecule has 0 radical (unpaired) electrons. The number of nitriles is 1. The second-order valence-corrected chi connectivity index (χ2v) is 5.00. The minimum Gasteiger partial charge on any atom is -0.443 e. The molecule has 2 rings (SSSR count). The van der Waals surface area contributed by atoms with Gasteiger partial charge < -0.3 is 9.52 Å². The van der Waals surface area contributed by atoms with Crippen molar-refractivity contribution in [1.82, 2.24) is 4.98 Å². The Balaban J connectivity index is 2.35. The van der Waals surface area contributed by atoms with E-state index in [2.05, 4.69) is 11.1 Å². The molecule has 1 aliphatic heterocycles. The highest BCUT2D eigenvalue weighted by Crippen LogP contribution is 2.44. The number of aliphatic hydroxyl groups excluding tert-OH is 1. The number of rotatable bonds is 1. The second kappa shape index (κ2) is 4.09. The van der Waals surface area contributed by atoms with Crippen LogP contribution in [-0.2, 0) is 0 Å². The van der Waals surface area contributed by atoms with Gasteiger partial charge in [-0.15, -0.1) is 11.8 Å². The molecule has 14 heavy (non-hydrogen) atoms. The number of allylic oxidation sites excluding steroid dienone is 1. The summed E-state index contributed by atoms with van der Waals surface area (Å²) in [7, 11) is 0. The summed E-state index contributed by atoms with van der Waals surface area (Å²) in [5, 5.41) is 18.2. The Kier molecular flexibility index (Phi) is 2.82. The molecule has 1 atom stereocenters. The van der Waals surface area contributed by atoms with Crippen molar-refractivity contribution in [3.63, 3.8) is 0 Å². The zero-order valence-corrected chi connectivity index (χ0v) is 8.64. The van der Waals surface area contributed by atoms with Crippen LogP contribution in [0.25, 0.3) is 5.57 Å². The molecule has 0 aromatic carbocycles. The van der Waals surface area contributed by atoms with E-state index in [1.165, 1.54) is 36.1 Å². The van der Waals surface area contributed by atoms with Gasteiger partial charge in [-0.1, -0.05) is 11.8 Å². The van der Waals surface area contributed by atoms with Crippen molar-refractivity contribution in [3.8, 4) is 6.07 Å². The summed E-state index contributed by atoms with van der Waals surface area (Å²) in [6.45, 7) is 0. The maximum atomic E-state index is 9.29. The number of hydrogen-bond donors (Lipinski definition) is 1. The number of hydrogen-bond acceptors (Lipinski definition) is 6. The normalized spacial score (nSPS) is 24.7. The molecule has 0 amide bonds. The predicted octanol–water partition coefficient (Wildman–Crippen LogP) is 1.67. The lowest BCUT2D eigenvalue weighted by Gasteiger charge is -1.97. The summed E-state index contributed by atoms with van der Waals surface area (Å²) in [6.07, 6.45) is 2.78. The van der Waals surface area contributed by atoms with Gasteiger partial charge in [0.25, 0.3) is 0 Å². The van der Waals surface area contributed by atoms with Crippen LogP contribution < -0.4 is 0 Å². The third kappa shape index (κ3) is 1.80. The molecule has 1 aromatic heterocycles. The van der Waals surface area contributed by atoms with Crippen LogP contribution in [0.5, 0.6) is 0 Å². The standard InChI is InChI=1S/C8H6N2O2S2/c9-1-5(6-2-10-4-12-6)8-13-3-7(11)14-8/h2,4,7,11H,3H2/b8-5+. The van der Waals surface area contributed by atoms with E-state index >= 15 is 0 Å². The van der Waals surface area contributed by atoms with Crippen LogP contribution in [0.3, 0.4) is 0 Å². The summed E-state index contributed by atoms with van der Waals surface area (Å²) in [5.41, 5.74) is 0.0234. The van der Waals surface area contributed by atoms with Gasteiger partial charge >= 0.3 is 0 Å². The monoisotopic (exact) mass is 226 g/mol. The first-order chi connectivity index (χ1) is 6.81. The van der Waals surface area contributed by atoms with Gasteiger partial charge in [0.15, 0.2) is 12.2 Å². The molecule has 1 fully saturated rings. The Morgan fingerprint density at radius 2 is 2.64 bits per heavy atom. The van der Waals surface area contributed by atoms with E-state index in [0.717, 1.165) is 4.24 Å². The smallest absolute Gasteiger partial charge is 0.181 e. The van der Waals surface area contributed by atoms with Crippen molar-refractivity contribution in [2.45, 2.75) is 5.44 Å². The molecule has 0 saturated carbocycles. The fourth-order valence-electron chi connectivity index (χ4n) is 1.01. The van der Waals surface area contributed by atoms with E-state index in [4.69, 9.17) is 9.68 Å². The van der Waals surface area contributed by atoms with Crippen LogP contribution in [-0.4, -0.2) is 21.3 Å². The van der Waals surface area contributed by atoms with E-state index in [0.29, 0.717) is 17.1 Å². The van der Waals surface area contributed by atoms with Gasteiger partial charge in [0.1, 0.15) is 17.1 Å². The van der Waals surface area contributed by atoms with Crippen LogP contribution in [0.1, 0.15) is 5.76 Å². The highest BCUT2D eigenvalue weighted by Gasteiger charge is 2.23. The van der Waals surface area contributed by atoms with Crippen molar-refractivity contribution in [2.75, 3.05) is 5.75 Å². The molecular weight excluding hydrogens is 220 g/mol. The summed E-state index contributed by atoms with van der Waals surface area (Å²) >= 11 is 2.75. The van der Waals surface area contributed by atoms with Crippen molar-refractivity contribution < 1.29 is 9.52 Å². The van der Waals surface area contributed by atoms with Crippen LogP contribution in [0.15, 0.2) is 21.2 Å². The van der Waals surface area contributed by atoms with Gasteiger partial charge in [0, 0.05) is 5.75 Å². The molecule has 2 heterocycles. The van der Waals surface area contributed by atoms with Crippen LogP contribution >= 0.6 is 23.5 Å². The molecular formula is C8H6N2O2S2. The molecule has 1 saturated heterocycles. The second-order valence-electron chi connectivity index (χ2n) is 2.52. The molecule has 0 aliphatic carbocycles. The van der Waals surface area contributed by atoms with Gasteiger partial charge in [-0.2, -0.15) is 5.26 Å². The van der Waals surface area contributed by atoms with Gasteiger partial charge in [0.2, 0.25) is 0 Å². The Labute approximate surface area is 89.0 Å². The van der Waals surface area contributed by atoms with Crippen LogP contribution in [0, 0.1) is 11.3 Å². The largest absolute Gasteiger partial charge is 0.443 e. The average Bonchev–Trinajstić information content (AvgIpc) is 2.79. The van der Waals surface area contributed by atoms with Gasteiger partial charge in [-0.05, 0) is 0 Å². The minimum atomic E-state index is -0.429. The first kappa shape index (κ1) is 9.65. The lowest BCUT2D eigenvalue weighted by Crippen LogP contribution is -1.95. The summed E-state index contributed by atoms with van der Waals surface area (Å²) in [4.78, 5) is 3.75. The van der Waals surface area contributed by atoms with E-state index < -0.39 is 5.44 Å². The number of nitrogens with zero attached hydrogens (tertiary/aromatic N) is 2. The summed E-state index contributed by atoms with van der Waals surface area (Å²) in [5.74, 6) is 1.07. The summed E-state index contributed by atoms with van der Waals surface area (Å²) in [6, 6.07) is 2.06. The Bertz CT molecular complexity index is 394. The zero-order chi connectivity index (χ0) is 9.97. The van der Waals surface area contributed by atoms with Crippen molar-refractivity contribution in [2.24, 2.45) is 0 Å². The van der Waals surface area contributed by atoms with E-state index in [1.54, 1.807) is 0 Å². The first-order valence-electron chi connectivity index (χ1n) is 3.82. The van der Waals surface area contributed by atoms with E-state index in [-0.39, 0.29) is 0 Å². The number of oxazole rings is 1. The predicted molar refractivity (Wildman–Crippen MR) is 55.1 cm³/mol. The molecule has 72 valence electrons. The molecule has 6 heteroatoms. The first-order valence-corrected chi connectivity index (χ1v) is 5.68. The molecule has 1 aliphatic rings. The quantitative estimate of drug-likeness (QED) is 0.734. The topological polar surface area (TPSA) is 70.0 Å². The summed E-state index contributed by atoms with van der Waals surface area (Å²) < 4.78 is 5.84. The lowest BCUT2D eigenvalue weighted by atomic mass is 10.3. The highest BCUT2D eigenvalue weighted by atomic mass is 32.2. The molecule has 1 N–H and O–H groups in total. The Morgan fingerprint density at radius 3 is 3.14 bits per heavy atom. The van der Waals surface area contributed by atoms with Crippen LogP contribution in [0.4, 0.5) is 0 Å². The van der Waals surface area contributed by atoms with E-state index in [1.807, 2.05) is 0 Å². The zero-order valence-electron chi connectivity index (χ0n) is 7.01. The third-order valence-electron chi connectivity index (χ3n) is 1.59. The molecule has 0 bridgehead atoms. The van der Waals surface area contributed by atoms with Crippen molar-refractivity contribution >= 4 is 29.1 Å². The van der Waals surface area contributed by atoms with Gasteiger partial charge in [0.05, 0.1) is 10.4 Å². The Hall–Kier alpha value is -0.900. The van der Waals surface area contributed by atoms with E-state index in [9.17, 15) is 5.11 Å². The highest BCUT2D eigenvalue weighted by molar-refractivity contribution is 8.25. The molecule has 1 aromatic rings. The lowest BCUT2D eigenvalue weighted by molar-refractivity contribution is 0.290. The maximum Gasteiger partial charge on any atom is 0.181 e. The average molecular weight is 226 g/mol. The molecule has 1 unspecified atom stereocenters. The Morgan fingerprint density at radius 1 is 1.79 bits per heavy atom. The van der Waals surface area contributed by atoms with Gasteiger partial charge in [-0.3, -0.25) is 0 Å². The molecule has 4 nitrogen and oxygen atoms in total. The number of aliphatic hydroxyl groups is 1. The fraction of sp³-hybridized carbons (Fsp3) is 0.250. The maximum absolute atomic E-state index is 9.29. The number of aromatic nitrogens is 1. The van der Waals surface area contributed by atoms with Crippen molar-refractivity contribution in [1.29, 1.82) is 5.26 Å². The molecule has 0 spiro atoms. The van der Waals surface area contributed by atoms with Gasteiger partial charge in [-0.25, -0.2) is 4.98 Å². The fourth-order valence-corrected chi connectivity index (χ4v) is 3.39. The van der Waals surface area contributed by atoms with Crippen LogP contribution in [0.2, 0.25) is 0 Å². The SMILES string of the molecule is N#C/C(=C1/SCC(O)S1)c1cnco1. The minimum absolute atomic E-state index is 0.429. The third-order valence-corrected chi connectivity index (χ3v) is 4.25. The number of thioether (sulfide) groups is 2.